The number of aromatic amines is 1. The Labute approximate surface area is 196 Å². The number of halogens is 3. The van der Waals surface area contributed by atoms with Crippen LogP contribution in [0.5, 0.6) is 11.5 Å². The Hall–Kier alpha value is -3.00. The van der Waals surface area contributed by atoms with Gasteiger partial charge in [-0.25, -0.2) is 0 Å². The molecule has 1 aliphatic rings. The topological polar surface area (TPSA) is 54.6 Å². The second kappa shape index (κ2) is 9.70. The number of fused-ring (bicyclic) bond motifs is 1. The molecule has 2 aromatic carbocycles. The van der Waals surface area contributed by atoms with Crippen LogP contribution in [-0.2, 0) is 11.2 Å². The van der Waals surface area contributed by atoms with Gasteiger partial charge in [-0.1, -0.05) is 6.07 Å². The van der Waals surface area contributed by atoms with Crippen molar-refractivity contribution in [2.45, 2.75) is 38.3 Å². The molecule has 0 bridgehead atoms. The van der Waals surface area contributed by atoms with E-state index in [0.29, 0.717) is 40.2 Å². The number of rotatable bonds is 7. The predicted molar refractivity (Wildman–Crippen MR) is 126 cm³/mol. The third kappa shape index (κ3) is 5.22. The molecule has 182 valence electrons. The van der Waals surface area contributed by atoms with Crippen LogP contribution in [0.15, 0.2) is 36.4 Å². The Bertz CT molecular complexity index is 1180. The van der Waals surface area contributed by atoms with Crippen molar-refractivity contribution >= 4 is 16.7 Å². The predicted octanol–water partition coefficient (Wildman–Crippen LogP) is 5.73. The minimum absolute atomic E-state index is 0.145. The molecule has 0 aliphatic carbocycles. The first kappa shape index (κ1) is 24.1. The summed E-state index contributed by atoms with van der Waals surface area (Å²) in [6.07, 6.45) is -3.63. The van der Waals surface area contributed by atoms with Crippen LogP contribution in [0.3, 0.4) is 0 Å². The summed E-state index contributed by atoms with van der Waals surface area (Å²) in [5, 5.41) is 0.589. The zero-order chi connectivity index (χ0) is 24.5. The van der Waals surface area contributed by atoms with Gasteiger partial charge in [0.05, 0.1) is 32.9 Å². The monoisotopic (exact) mass is 474 g/mol. The van der Waals surface area contributed by atoms with Crippen LogP contribution in [0.4, 0.5) is 13.2 Å². The van der Waals surface area contributed by atoms with Gasteiger partial charge < -0.3 is 14.5 Å². The van der Waals surface area contributed by atoms with Crippen LogP contribution < -0.4 is 9.47 Å². The average molecular weight is 475 g/mol. The fourth-order valence-electron chi connectivity index (χ4n) is 4.88. The van der Waals surface area contributed by atoms with E-state index in [2.05, 4.69) is 9.88 Å². The highest BCUT2D eigenvalue weighted by atomic mass is 19.4. The number of alkyl halides is 3. The summed E-state index contributed by atoms with van der Waals surface area (Å²) >= 11 is 0. The van der Waals surface area contributed by atoms with E-state index in [1.807, 2.05) is 18.2 Å². The summed E-state index contributed by atoms with van der Waals surface area (Å²) in [6.45, 7) is 3.65. The second-order valence-corrected chi connectivity index (χ2v) is 8.90. The number of ketones is 1. The molecule has 0 amide bonds. The van der Waals surface area contributed by atoms with E-state index in [-0.39, 0.29) is 17.3 Å². The van der Waals surface area contributed by atoms with E-state index in [1.54, 1.807) is 25.1 Å². The first-order valence-corrected chi connectivity index (χ1v) is 11.3. The number of carbonyl (C=O) groups is 1. The first-order chi connectivity index (χ1) is 16.2. The van der Waals surface area contributed by atoms with Crippen LogP contribution in [0.1, 0.15) is 36.8 Å². The molecule has 1 fully saturated rings. The lowest BCUT2D eigenvalue weighted by Gasteiger charge is -2.31. The molecule has 0 spiro atoms. The standard InChI is InChI=1S/C26H29F3N2O3/c1-16(32)15-31-10-8-17(9-11-31)18-4-6-22-20(12-18)21(14-26(27,28)29)25(30-22)19-5-7-23(33-2)24(13-19)34-3/h4-7,12-13,17,30H,8-11,14-15H2,1-3H3. The normalized spacial score (nSPS) is 15.6. The van der Waals surface area contributed by atoms with Gasteiger partial charge in [0.1, 0.15) is 5.78 Å². The molecule has 34 heavy (non-hydrogen) atoms. The number of nitrogens with zero attached hydrogens (tertiary/aromatic N) is 1. The van der Waals surface area contributed by atoms with Gasteiger partial charge in [0.2, 0.25) is 0 Å². The van der Waals surface area contributed by atoms with Gasteiger partial charge in [-0.2, -0.15) is 13.2 Å². The van der Waals surface area contributed by atoms with Gasteiger partial charge in [0.25, 0.3) is 0 Å². The zero-order valence-corrected chi connectivity index (χ0v) is 19.6. The molecule has 2 heterocycles. The van der Waals surface area contributed by atoms with Crippen molar-refractivity contribution < 1.29 is 27.4 Å². The molecule has 0 radical (unpaired) electrons. The maximum atomic E-state index is 13.6. The molecule has 1 aromatic heterocycles. The molecule has 1 saturated heterocycles. The Morgan fingerprint density at radius 3 is 2.38 bits per heavy atom. The smallest absolute Gasteiger partial charge is 0.393 e. The largest absolute Gasteiger partial charge is 0.493 e. The molecular weight excluding hydrogens is 445 g/mol. The van der Waals surface area contributed by atoms with E-state index >= 15 is 0 Å². The summed E-state index contributed by atoms with van der Waals surface area (Å²) in [6, 6.07) is 10.9. The van der Waals surface area contributed by atoms with Crippen molar-refractivity contribution in [3.63, 3.8) is 0 Å². The van der Waals surface area contributed by atoms with Gasteiger partial charge in [-0.15, -0.1) is 0 Å². The van der Waals surface area contributed by atoms with E-state index in [9.17, 15) is 18.0 Å². The van der Waals surface area contributed by atoms with Gasteiger partial charge in [-0.05, 0) is 80.2 Å². The third-order valence-electron chi connectivity index (χ3n) is 6.48. The highest BCUT2D eigenvalue weighted by Crippen LogP contribution is 2.40. The molecule has 0 atom stereocenters. The molecule has 4 rings (SSSR count). The minimum Gasteiger partial charge on any atom is -0.493 e. The SMILES string of the molecule is COc1ccc(-c2[nH]c3ccc(C4CCN(CC(C)=O)CC4)cc3c2CC(F)(F)F)cc1OC. The number of ether oxygens (including phenoxy) is 2. The second-order valence-electron chi connectivity index (χ2n) is 8.90. The number of Topliss-reactive ketones (excluding diaryl/α,β-unsaturated/α-hetero) is 1. The molecule has 0 saturated carbocycles. The number of aromatic nitrogens is 1. The van der Waals surface area contributed by atoms with Crippen molar-refractivity contribution in [3.05, 3.63) is 47.5 Å². The van der Waals surface area contributed by atoms with Crippen LogP contribution >= 0.6 is 0 Å². The van der Waals surface area contributed by atoms with Crippen molar-refractivity contribution in [2.75, 3.05) is 33.9 Å². The molecule has 1 N–H and O–H groups in total. The fraction of sp³-hybridized carbons (Fsp3) is 0.423. The van der Waals surface area contributed by atoms with Gasteiger partial charge in [0.15, 0.2) is 11.5 Å². The van der Waals surface area contributed by atoms with Crippen molar-refractivity contribution in [1.82, 2.24) is 9.88 Å². The molecule has 1 aliphatic heterocycles. The van der Waals surface area contributed by atoms with Crippen LogP contribution in [0.25, 0.3) is 22.2 Å². The van der Waals surface area contributed by atoms with E-state index in [4.69, 9.17) is 9.47 Å². The molecule has 5 nitrogen and oxygen atoms in total. The Kier molecular flexibility index (Phi) is 6.89. The van der Waals surface area contributed by atoms with Gasteiger partial charge in [-0.3, -0.25) is 9.69 Å². The number of benzene rings is 2. The van der Waals surface area contributed by atoms with Crippen LogP contribution in [0.2, 0.25) is 0 Å². The quantitative estimate of drug-likeness (QED) is 0.476. The van der Waals surface area contributed by atoms with Crippen LogP contribution in [0, 0.1) is 0 Å². The number of carbonyl (C=O) groups excluding carboxylic acids is 1. The number of H-pyrrole nitrogens is 1. The summed E-state index contributed by atoms with van der Waals surface area (Å²) in [4.78, 5) is 16.8. The van der Waals surface area contributed by atoms with Crippen LogP contribution in [-0.4, -0.2) is 55.7 Å². The molecular formula is C26H29F3N2O3. The van der Waals surface area contributed by atoms with Crippen molar-refractivity contribution in [1.29, 1.82) is 0 Å². The maximum Gasteiger partial charge on any atom is 0.393 e. The van der Waals surface area contributed by atoms with E-state index in [0.717, 1.165) is 31.5 Å². The highest BCUT2D eigenvalue weighted by molar-refractivity contribution is 5.91. The fourth-order valence-corrected chi connectivity index (χ4v) is 4.88. The molecule has 8 heteroatoms. The van der Waals surface area contributed by atoms with Crippen molar-refractivity contribution in [2.24, 2.45) is 0 Å². The summed E-state index contributed by atoms with van der Waals surface area (Å²) in [5.74, 6) is 1.37. The van der Waals surface area contributed by atoms with Gasteiger partial charge in [0, 0.05) is 16.5 Å². The molecule has 0 unspecified atom stereocenters. The number of hydrogen-bond donors (Lipinski definition) is 1. The zero-order valence-electron chi connectivity index (χ0n) is 19.6. The van der Waals surface area contributed by atoms with E-state index < -0.39 is 12.6 Å². The number of piperidine rings is 1. The summed E-state index contributed by atoms with van der Waals surface area (Å²) in [7, 11) is 3.01. The lowest BCUT2D eigenvalue weighted by atomic mass is 9.88. The average Bonchev–Trinajstić information content (AvgIpc) is 3.14. The Balaban J connectivity index is 1.72. The summed E-state index contributed by atoms with van der Waals surface area (Å²) < 4.78 is 51.5. The van der Waals surface area contributed by atoms with E-state index in [1.165, 1.54) is 14.2 Å². The Morgan fingerprint density at radius 2 is 1.76 bits per heavy atom. The number of nitrogens with one attached hydrogen (secondary N) is 1. The lowest BCUT2D eigenvalue weighted by Crippen LogP contribution is -2.36. The number of hydrogen-bond acceptors (Lipinski definition) is 4. The Morgan fingerprint density at radius 1 is 1.06 bits per heavy atom. The first-order valence-electron chi connectivity index (χ1n) is 11.3. The number of methoxy groups -OCH3 is 2. The lowest BCUT2D eigenvalue weighted by molar-refractivity contribution is -0.127. The summed E-state index contributed by atoms with van der Waals surface area (Å²) in [5.41, 5.74) is 2.97. The third-order valence-corrected chi connectivity index (χ3v) is 6.48. The van der Waals surface area contributed by atoms with Crippen molar-refractivity contribution in [3.8, 4) is 22.8 Å². The maximum absolute atomic E-state index is 13.6. The molecule has 3 aromatic rings. The van der Waals surface area contributed by atoms with Gasteiger partial charge >= 0.3 is 6.18 Å². The number of likely N-dealkylation sites (tertiary alicyclic amines) is 1. The minimum atomic E-state index is -4.35. The highest BCUT2D eigenvalue weighted by Gasteiger charge is 2.32.